The van der Waals surface area contributed by atoms with Gasteiger partial charge in [-0.05, 0) is 48.2 Å². The lowest BCUT2D eigenvalue weighted by atomic mass is 9.87. The highest BCUT2D eigenvalue weighted by molar-refractivity contribution is 5.97. The summed E-state index contributed by atoms with van der Waals surface area (Å²) in [5, 5.41) is 5.78. The van der Waals surface area contributed by atoms with E-state index in [1.165, 1.54) is 5.56 Å². The van der Waals surface area contributed by atoms with Crippen molar-refractivity contribution in [1.82, 2.24) is 14.9 Å². The number of anilines is 1. The molecule has 1 unspecified atom stereocenters. The Morgan fingerprint density at radius 1 is 1.12 bits per heavy atom. The van der Waals surface area contributed by atoms with Gasteiger partial charge in [-0.3, -0.25) is 9.59 Å². The molecule has 33 heavy (non-hydrogen) atoms. The molecule has 2 amide bonds. The predicted octanol–water partition coefficient (Wildman–Crippen LogP) is 4.41. The summed E-state index contributed by atoms with van der Waals surface area (Å²) in [5.74, 6) is 0.425. The lowest BCUT2D eigenvalue weighted by Crippen LogP contribution is -2.36. The zero-order valence-corrected chi connectivity index (χ0v) is 19.7. The molecule has 0 saturated carbocycles. The SMILES string of the molecule is CC(COc1ccc(C(C)(C)C)cc1)NC(=O)c1cccc(NC(=O)CCn2ccnc2)c1. The second-order valence-corrected chi connectivity index (χ2v) is 9.14. The molecule has 7 nitrogen and oxygen atoms in total. The molecule has 0 saturated heterocycles. The van der Waals surface area contributed by atoms with Gasteiger partial charge in [0.1, 0.15) is 12.4 Å². The zero-order chi connectivity index (χ0) is 23.8. The number of amides is 2. The average molecular weight is 449 g/mol. The minimum Gasteiger partial charge on any atom is -0.491 e. The molecule has 0 bridgehead atoms. The lowest BCUT2D eigenvalue weighted by molar-refractivity contribution is -0.116. The van der Waals surface area contributed by atoms with Crippen LogP contribution in [0.4, 0.5) is 5.69 Å². The van der Waals surface area contributed by atoms with Crippen molar-refractivity contribution in [3.05, 3.63) is 78.4 Å². The number of hydrogen-bond acceptors (Lipinski definition) is 4. The van der Waals surface area contributed by atoms with Crippen LogP contribution in [-0.4, -0.2) is 34.0 Å². The minimum atomic E-state index is -0.219. The Balaban J connectivity index is 1.47. The minimum absolute atomic E-state index is 0.0911. The largest absolute Gasteiger partial charge is 0.491 e. The quantitative estimate of drug-likeness (QED) is 0.508. The fourth-order valence-electron chi connectivity index (χ4n) is 3.23. The summed E-state index contributed by atoms with van der Waals surface area (Å²) in [4.78, 5) is 28.8. The number of hydrogen-bond donors (Lipinski definition) is 2. The van der Waals surface area contributed by atoms with E-state index in [1.807, 2.05) is 29.8 Å². The van der Waals surface area contributed by atoms with E-state index in [9.17, 15) is 9.59 Å². The van der Waals surface area contributed by atoms with Crippen LogP contribution in [0.3, 0.4) is 0 Å². The van der Waals surface area contributed by atoms with E-state index in [4.69, 9.17) is 4.74 Å². The number of ether oxygens (including phenoxy) is 1. The van der Waals surface area contributed by atoms with Gasteiger partial charge in [0, 0.05) is 36.6 Å². The topological polar surface area (TPSA) is 85.3 Å². The highest BCUT2D eigenvalue weighted by Gasteiger charge is 2.14. The molecule has 3 rings (SSSR count). The van der Waals surface area contributed by atoms with Crippen molar-refractivity contribution in [2.24, 2.45) is 0 Å². The highest BCUT2D eigenvalue weighted by Crippen LogP contribution is 2.24. The van der Waals surface area contributed by atoms with E-state index < -0.39 is 0 Å². The van der Waals surface area contributed by atoms with Gasteiger partial charge in [-0.2, -0.15) is 0 Å². The third-order valence-corrected chi connectivity index (χ3v) is 5.16. The molecule has 0 fully saturated rings. The molecule has 0 aliphatic rings. The Kier molecular flexibility index (Phi) is 7.87. The van der Waals surface area contributed by atoms with E-state index in [1.54, 1.807) is 36.8 Å². The number of carbonyl (C=O) groups excluding carboxylic acids is 2. The number of rotatable bonds is 9. The van der Waals surface area contributed by atoms with Crippen molar-refractivity contribution in [1.29, 1.82) is 0 Å². The van der Waals surface area contributed by atoms with Crippen molar-refractivity contribution < 1.29 is 14.3 Å². The van der Waals surface area contributed by atoms with E-state index in [0.717, 1.165) is 5.75 Å². The summed E-state index contributed by atoms with van der Waals surface area (Å²) >= 11 is 0. The van der Waals surface area contributed by atoms with Crippen LogP contribution in [0.5, 0.6) is 5.75 Å². The second-order valence-electron chi connectivity index (χ2n) is 9.14. The summed E-state index contributed by atoms with van der Waals surface area (Å²) in [7, 11) is 0. The van der Waals surface area contributed by atoms with Gasteiger partial charge in [-0.25, -0.2) is 4.98 Å². The standard InChI is InChI=1S/C26H32N4O3/c1-19(17-33-23-10-8-21(9-11-23)26(2,3)4)28-25(32)20-6-5-7-22(16-20)29-24(31)12-14-30-15-13-27-18-30/h5-11,13,15-16,18-19H,12,14,17H2,1-4H3,(H,28,32)(H,29,31). The molecule has 2 aromatic carbocycles. The number of aryl methyl sites for hydroxylation is 1. The molecular formula is C26H32N4O3. The Morgan fingerprint density at radius 3 is 2.55 bits per heavy atom. The highest BCUT2D eigenvalue weighted by atomic mass is 16.5. The molecule has 0 aliphatic carbocycles. The Hall–Kier alpha value is -3.61. The summed E-state index contributed by atoms with van der Waals surface area (Å²) in [6.45, 7) is 9.30. The first-order chi connectivity index (χ1) is 15.7. The van der Waals surface area contributed by atoms with Crippen LogP contribution in [0.2, 0.25) is 0 Å². The molecule has 0 spiro atoms. The van der Waals surface area contributed by atoms with Crippen molar-refractivity contribution >= 4 is 17.5 Å². The Labute approximate surface area is 195 Å². The first kappa shape index (κ1) is 24.0. The van der Waals surface area contributed by atoms with E-state index in [2.05, 4.69) is 48.5 Å². The van der Waals surface area contributed by atoms with Crippen molar-refractivity contribution in [3.63, 3.8) is 0 Å². The molecule has 0 radical (unpaired) electrons. The third-order valence-electron chi connectivity index (χ3n) is 5.16. The molecule has 1 heterocycles. The number of imidazole rings is 1. The summed E-state index contributed by atoms with van der Waals surface area (Å²) in [6, 6.07) is 14.7. The lowest BCUT2D eigenvalue weighted by Gasteiger charge is -2.20. The first-order valence-corrected chi connectivity index (χ1v) is 11.1. The van der Waals surface area contributed by atoms with Gasteiger partial charge in [0.2, 0.25) is 5.91 Å². The number of nitrogens with one attached hydrogen (secondary N) is 2. The normalized spacial score (nSPS) is 12.1. The zero-order valence-electron chi connectivity index (χ0n) is 19.7. The van der Waals surface area contributed by atoms with Gasteiger partial charge in [-0.1, -0.05) is 39.0 Å². The molecule has 174 valence electrons. The smallest absolute Gasteiger partial charge is 0.251 e. The fraction of sp³-hybridized carbons (Fsp3) is 0.346. The maximum Gasteiger partial charge on any atom is 0.251 e. The summed E-state index contributed by atoms with van der Waals surface area (Å²) in [6.07, 6.45) is 5.47. The number of nitrogens with zero attached hydrogens (tertiary/aromatic N) is 2. The maximum atomic E-state index is 12.7. The molecule has 0 aliphatic heterocycles. The van der Waals surface area contributed by atoms with E-state index in [-0.39, 0.29) is 23.3 Å². The number of benzene rings is 2. The first-order valence-electron chi connectivity index (χ1n) is 11.1. The average Bonchev–Trinajstić information content (AvgIpc) is 3.30. The Morgan fingerprint density at radius 2 is 1.88 bits per heavy atom. The molecule has 2 N–H and O–H groups in total. The van der Waals surface area contributed by atoms with Crippen molar-refractivity contribution in [2.45, 2.75) is 52.1 Å². The van der Waals surface area contributed by atoms with Crippen LogP contribution in [0.15, 0.2) is 67.3 Å². The van der Waals surface area contributed by atoms with Gasteiger partial charge in [0.05, 0.1) is 12.4 Å². The van der Waals surface area contributed by atoms with E-state index >= 15 is 0 Å². The van der Waals surface area contributed by atoms with Crippen LogP contribution in [-0.2, 0) is 16.8 Å². The van der Waals surface area contributed by atoms with Crippen LogP contribution in [0.25, 0.3) is 0 Å². The van der Waals surface area contributed by atoms with Gasteiger partial charge in [-0.15, -0.1) is 0 Å². The second kappa shape index (κ2) is 10.8. The monoisotopic (exact) mass is 448 g/mol. The predicted molar refractivity (Wildman–Crippen MR) is 129 cm³/mol. The molecule has 3 aromatic rings. The van der Waals surface area contributed by atoms with Gasteiger partial charge in [0.15, 0.2) is 0 Å². The van der Waals surface area contributed by atoms with Crippen molar-refractivity contribution in [2.75, 3.05) is 11.9 Å². The Bertz CT molecular complexity index is 1050. The van der Waals surface area contributed by atoms with Crippen LogP contribution < -0.4 is 15.4 Å². The molecule has 7 heteroatoms. The molecule has 1 atom stereocenters. The van der Waals surface area contributed by atoms with E-state index in [0.29, 0.717) is 30.8 Å². The van der Waals surface area contributed by atoms with Gasteiger partial charge >= 0.3 is 0 Å². The summed E-state index contributed by atoms with van der Waals surface area (Å²) in [5.41, 5.74) is 2.39. The fourth-order valence-corrected chi connectivity index (χ4v) is 3.23. The molecule has 1 aromatic heterocycles. The van der Waals surface area contributed by atoms with Crippen LogP contribution in [0.1, 0.15) is 50.0 Å². The van der Waals surface area contributed by atoms with Gasteiger partial charge < -0.3 is 19.9 Å². The number of carbonyl (C=O) groups is 2. The molecular weight excluding hydrogens is 416 g/mol. The third kappa shape index (κ3) is 7.49. The maximum absolute atomic E-state index is 12.7. The van der Waals surface area contributed by atoms with Crippen LogP contribution >= 0.6 is 0 Å². The summed E-state index contributed by atoms with van der Waals surface area (Å²) < 4.78 is 7.67. The van der Waals surface area contributed by atoms with Gasteiger partial charge in [0.25, 0.3) is 5.91 Å². The van der Waals surface area contributed by atoms with Crippen molar-refractivity contribution in [3.8, 4) is 5.75 Å². The van der Waals surface area contributed by atoms with Crippen LogP contribution in [0, 0.1) is 0 Å². The number of aromatic nitrogens is 2.